The Hall–Kier alpha value is -2.15. The lowest BCUT2D eigenvalue weighted by Gasteiger charge is -2.08. The largest absolute Gasteiger partial charge is 0.480 e. The van der Waals surface area contributed by atoms with Gasteiger partial charge in [0.25, 0.3) is 5.91 Å². The lowest BCUT2D eigenvalue weighted by molar-refractivity contribution is 0.0998. The standard InChI is InChI=1S/C12H10BrN3O3/c1-18-11-8(13)6-15-12(16-11)19-9-5-3-2-4-7(9)10(14)17/h2-6H,1H3,(H2,14,17). The van der Waals surface area contributed by atoms with Crippen LogP contribution in [0.15, 0.2) is 34.9 Å². The molecule has 1 amide bonds. The Balaban J connectivity index is 2.34. The average Bonchev–Trinajstić information content (AvgIpc) is 2.41. The molecule has 19 heavy (non-hydrogen) atoms. The van der Waals surface area contributed by atoms with Crippen LogP contribution in [0, 0.1) is 0 Å². The zero-order chi connectivity index (χ0) is 13.8. The Morgan fingerprint density at radius 2 is 2.11 bits per heavy atom. The quantitative estimate of drug-likeness (QED) is 0.931. The molecule has 0 radical (unpaired) electrons. The van der Waals surface area contributed by atoms with Crippen LogP contribution in [0.5, 0.6) is 17.6 Å². The van der Waals surface area contributed by atoms with E-state index in [1.165, 1.54) is 13.3 Å². The van der Waals surface area contributed by atoms with Gasteiger partial charge in [-0.3, -0.25) is 4.79 Å². The molecule has 98 valence electrons. The summed E-state index contributed by atoms with van der Waals surface area (Å²) in [6, 6.07) is 6.65. The number of benzene rings is 1. The minimum atomic E-state index is -0.584. The molecule has 0 aliphatic rings. The van der Waals surface area contributed by atoms with Gasteiger partial charge in [-0.15, -0.1) is 0 Å². The first-order valence-electron chi connectivity index (χ1n) is 5.25. The number of halogens is 1. The first kappa shape index (κ1) is 13.3. The molecule has 0 saturated heterocycles. The maximum atomic E-state index is 11.3. The molecule has 7 heteroatoms. The van der Waals surface area contributed by atoms with Gasteiger partial charge in [-0.1, -0.05) is 12.1 Å². The summed E-state index contributed by atoms with van der Waals surface area (Å²) >= 11 is 3.23. The number of hydrogen-bond acceptors (Lipinski definition) is 5. The molecule has 1 aromatic carbocycles. The monoisotopic (exact) mass is 323 g/mol. The van der Waals surface area contributed by atoms with Crippen molar-refractivity contribution in [1.82, 2.24) is 9.97 Å². The van der Waals surface area contributed by atoms with Crippen molar-refractivity contribution in [2.24, 2.45) is 5.73 Å². The van der Waals surface area contributed by atoms with Crippen molar-refractivity contribution in [3.63, 3.8) is 0 Å². The molecule has 0 unspecified atom stereocenters. The molecule has 1 aromatic heterocycles. The van der Waals surface area contributed by atoms with Gasteiger partial charge in [0.2, 0.25) is 5.88 Å². The van der Waals surface area contributed by atoms with Crippen molar-refractivity contribution in [2.45, 2.75) is 0 Å². The van der Waals surface area contributed by atoms with E-state index in [9.17, 15) is 4.79 Å². The Morgan fingerprint density at radius 3 is 2.79 bits per heavy atom. The number of primary amides is 1. The number of para-hydroxylation sites is 1. The first-order valence-corrected chi connectivity index (χ1v) is 6.04. The molecule has 0 bridgehead atoms. The third-order valence-electron chi connectivity index (χ3n) is 2.24. The minimum Gasteiger partial charge on any atom is -0.480 e. The summed E-state index contributed by atoms with van der Waals surface area (Å²) in [6.07, 6.45) is 1.49. The SMILES string of the molecule is COc1nc(Oc2ccccc2C(N)=O)ncc1Br. The lowest BCUT2D eigenvalue weighted by Crippen LogP contribution is -2.12. The van der Waals surface area contributed by atoms with Crippen LogP contribution in [0.2, 0.25) is 0 Å². The van der Waals surface area contributed by atoms with Gasteiger partial charge in [-0.25, -0.2) is 4.98 Å². The fraction of sp³-hybridized carbons (Fsp3) is 0.0833. The molecular formula is C12H10BrN3O3. The molecule has 1 heterocycles. The normalized spacial score (nSPS) is 10.0. The Labute approximate surface area is 117 Å². The van der Waals surface area contributed by atoms with E-state index >= 15 is 0 Å². The maximum absolute atomic E-state index is 11.3. The molecule has 2 N–H and O–H groups in total. The van der Waals surface area contributed by atoms with Crippen molar-refractivity contribution < 1.29 is 14.3 Å². The third kappa shape index (κ3) is 3.00. The predicted octanol–water partition coefficient (Wildman–Crippen LogP) is 2.14. The highest BCUT2D eigenvalue weighted by atomic mass is 79.9. The van der Waals surface area contributed by atoms with E-state index < -0.39 is 5.91 Å². The van der Waals surface area contributed by atoms with E-state index in [1.54, 1.807) is 24.3 Å². The third-order valence-corrected chi connectivity index (χ3v) is 2.78. The fourth-order valence-electron chi connectivity index (χ4n) is 1.39. The summed E-state index contributed by atoms with van der Waals surface area (Å²) in [5, 5.41) is 0. The molecule has 6 nitrogen and oxygen atoms in total. The summed E-state index contributed by atoms with van der Waals surface area (Å²) in [5.74, 6) is 0.0422. The topological polar surface area (TPSA) is 87.3 Å². The number of aromatic nitrogens is 2. The maximum Gasteiger partial charge on any atom is 0.325 e. The van der Waals surface area contributed by atoms with Gasteiger partial charge >= 0.3 is 6.01 Å². The number of hydrogen-bond donors (Lipinski definition) is 1. The van der Waals surface area contributed by atoms with Gasteiger partial charge in [0, 0.05) is 0 Å². The zero-order valence-corrected chi connectivity index (χ0v) is 11.5. The van der Waals surface area contributed by atoms with E-state index in [0.717, 1.165) is 0 Å². The molecule has 0 fully saturated rings. The van der Waals surface area contributed by atoms with Crippen molar-refractivity contribution in [3.05, 3.63) is 40.5 Å². The number of nitrogens with zero attached hydrogens (tertiary/aromatic N) is 2. The fourth-order valence-corrected chi connectivity index (χ4v) is 1.74. The van der Waals surface area contributed by atoms with Gasteiger partial charge < -0.3 is 15.2 Å². The molecule has 0 spiro atoms. The van der Waals surface area contributed by atoms with Crippen LogP contribution in [0.1, 0.15) is 10.4 Å². The van der Waals surface area contributed by atoms with E-state index in [4.69, 9.17) is 15.2 Å². The van der Waals surface area contributed by atoms with Crippen LogP contribution >= 0.6 is 15.9 Å². The number of carbonyl (C=O) groups excluding carboxylic acids is 1. The second-order valence-corrected chi connectivity index (χ2v) is 4.33. The van der Waals surface area contributed by atoms with E-state index in [1.807, 2.05) is 0 Å². The summed E-state index contributed by atoms with van der Waals surface area (Å²) in [7, 11) is 1.48. The van der Waals surface area contributed by atoms with Crippen molar-refractivity contribution in [1.29, 1.82) is 0 Å². The van der Waals surface area contributed by atoms with Gasteiger partial charge in [0.1, 0.15) is 5.75 Å². The van der Waals surface area contributed by atoms with Crippen LogP contribution in [-0.4, -0.2) is 23.0 Å². The smallest absolute Gasteiger partial charge is 0.325 e. The molecule has 0 saturated carbocycles. The van der Waals surface area contributed by atoms with Gasteiger partial charge in [-0.2, -0.15) is 4.98 Å². The predicted molar refractivity (Wildman–Crippen MR) is 71.3 cm³/mol. The number of nitrogens with two attached hydrogens (primary N) is 1. The van der Waals surface area contributed by atoms with Crippen LogP contribution in [0.25, 0.3) is 0 Å². The Kier molecular flexibility index (Phi) is 3.96. The minimum absolute atomic E-state index is 0.0637. The van der Waals surface area contributed by atoms with Crippen LogP contribution in [-0.2, 0) is 0 Å². The Bertz CT molecular complexity index is 619. The van der Waals surface area contributed by atoms with E-state index in [0.29, 0.717) is 16.1 Å². The Morgan fingerprint density at radius 1 is 1.37 bits per heavy atom. The molecule has 0 aliphatic heterocycles. The van der Waals surface area contributed by atoms with E-state index in [-0.39, 0.29) is 11.6 Å². The summed E-state index contributed by atoms with van der Waals surface area (Å²) in [5.41, 5.74) is 5.51. The molecule has 0 aliphatic carbocycles. The van der Waals surface area contributed by atoms with Crippen LogP contribution in [0.3, 0.4) is 0 Å². The second kappa shape index (κ2) is 5.66. The molecule has 0 atom stereocenters. The van der Waals surface area contributed by atoms with Gasteiger partial charge in [-0.05, 0) is 28.1 Å². The van der Waals surface area contributed by atoms with Crippen molar-refractivity contribution >= 4 is 21.8 Å². The summed E-state index contributed by atoms with van der Waals surface area (Å²) in [6.45, 7) is 0. The summed E-state index contributed by atoms with van der Waals surface area (Å²) < 4.78 is 11.1. The van der Waals surface area contributed by atoms with Crippen molar-refractivity contribution in [2.75, 3.05) is 7.11 Å². The van der Waals surface area contributed by atoms with Crippen LogP contribution in [0.4, 0.5) is 0 Å². The number of ether oxygens (including phenoxy) is 2. The zero-order valence-electron chi connectivity index (χ0n) is 9.96. The highest BCUT2D eigenvalue weighted by Crippen LogP contribution is 2.27. The number of rotatable bonds is 4. The highest BCUT2D eigenvalue weighted by Gasteiger charge is 2.12. The molecule has 2 rings (SSSR count). The van der Waals surface area contributed by atoms with Gasteiger partial charge in [0.15, 0.2) is 0 Å². The lowest BCUT2D eigenvalue weighted by atomic mass is 10.2. The van der Waals surface area contributed by atoms with Gasteiger partial charge in [0.05, 0.1) is 23.3 Å². The van der Waals surface area contributed by atoms with Crippen LogP contribution < -0.4 is 15.2 Å². The first-order chi connectivity index (χ1) is 9.11. The molecular weight excluding hydrogens is 314 g/mol. The van der Waals surface area contributed by atoms with Crippen molar-refractivity contribution in [3.8, 4) is 17.6 Å². The summed E-state index contributed by atoms with van der Waals surface area (Å²) in [4.78, 5) is 19.3. The number of amides is 1. The highest BCUT2D eigenvalue weighted by molar-refractivity contribution is 9.10. The number of carbonyl (C=O) groups is 1. The second-order valence-electron chi connectivity index (χ2n) is 3.47. The number of methoxy groups -OCH3 is 1. The average molecular weight is 324 g/mol. The molecule has 2 aromatic rings. The van der Waals surface area contributed by atoms with E-state index in [2.05, 4.69) is 25.9 Å².